The molecule has 1 saturated heterocycles. The second-order valence-electron chi connectivity index (χ2n) is 7.08. The van der Waals surface area contributed by atoms with E-state index in [0.29, 0.717) is 37.6 Å². The van der Waals surface area contributed by atoms with Gasteiger partial charge in [-0.25, -0.2) is 0 Å². The molecule has 0 aromatic heterocycles. The van der Waals surface area contributed by atoms with Gasteiger partial charge in [-0.15, -0.1) is 0 Å². The van der Waals surface area contributed by atoms with E-state index in [2.05, 4.69) is 11.8 Å². The molecule has 0 saturated carbocycles. The molecule has 1 amide bonds. The van der Waals surface area contributed by atoms with E-state index in [1.54, 1.807) is 0 Å². The molecule has 0 spiro atoms. The van der Waals surface area contributed by atoms with E-state index in [1.165, 1.54) is 0 Å². The average molecular weight is 399 g/mol. The molecular weight excluding hydrogens is 368 g/mol. The topological polar surface area (TPSA) is 62.2 Å². The van der Waals surface area contributed by atoms with Crippen molar-refractivity contribution in [1.82, 2.24) is 9.80 Å². The number of carbonyl (C=O) groups is 1. The van der Waals surface area contributed by atoms with Gasteiger partial charge in [0.05, 0.1) is 12.2 Å². The van der Waals surface area contributed by atoms with Crippen LogP contribution in [0.1, 0.15) is 23.7 Å². The van der Waals surface area contributed by atoms with Crippen molar-refractivity contribution < 1.29 is 19.4 Å². The third-order valence-electron chi connectivity index (χ3n) is 5.27. The van der Waals surface area contributed by atoms with Crippen molar-refractivity contribution in [3.8, 4) is 11.5 Å². The molecule has 6 nitrogen and oxygen atoms in total. The Kier molecular flexibility index (Phi) is 7.90. The minimum absolute atomic E-state index is 0.0127. The van der Waals surface area contributed by atoms with Gasteiger partial charge in [-0.2, -0.15) is 0 Å². The second-order valence-corrected chi connectivity index (χ2v) is 7.08. The Balaban J connectivity index is 1.53. The van der Waals surface area contributed by atoms with Crippen LogP contribution in [-0.4, -0.2) is 72.9 Å². The number of nitrogens with zero attached hydrogens (tertiary/aromatic N) is 2. The van der Waals surface area contributed by atoms with Gasteiger partial charge < -0.3 is 19.5 Å². The summed E-state index contributed by atoms with van der Waals surface area (Å²) in [5.74, 6) is 1.37. The number of aliphatic hydroxyl groups is 1. The van der Waals surface area contributed by atoms with Crippen molar-refractivity contribution in [2.45, 2.75) is 19.4 Å². The normalized spacial score (nSPS) is 15.7. The van der Waals surface area contributed by atoms with Crippen LogP contribution in [-0.2, 0) is 0 Å². The van der Waals surface area contributed by atoms with Crippen LogP contribution in [0.4, 0.5) is 0 Å². The summed E-state index contributed by atoms with van der Waals surface area (Å²) in [6, 6.07) is 17.1. The van der Waals surface area contributed by atoms with E-state index in [9.17, 15) is 9.90 Å². The maximum Gasteiger partial charge on any atom is 0.257 e. The van der Waals surface area contributed by atoms with Gasteiger partial charge >= 0.3 is 0 Å². The van der Waals surface area contributed by atoms with Gasteiger partial charge in [0, 0.05) is 32.2 Å². The average Bonchev–Trinajstić information content (AvgIpc) is 2.78. The van der Waals surface area contributed by atoms with Crippen molar-refractivity contribution in [2.24, 2.45) is 0 Å². The molecule has 1 unspecified atom stereocenters. The van der Waals surface area contributed by atoms with Crippen LogP contribution in [0, 0.1) is 0 Å². The SMILES string of the molecule is CCC(CO)N1CCN(C(=O)c2ccccc2OCCOc2ccccc2)CC1. The summed E-state index contributed by atoms with van der Waals surface area (Å²) in [6.07, 6.45) is 0.909. The molecule has 2 aromatic carbocycles. The summed E-state index contributed by atoms with van der Waals surface area (Å²) in [6.45, 7) is 5.87. The number of para-hydroxylation sites is 2. The van der Waals surface area contributed by atoms with Gasteiger partial charge in [-0.3, -0.25) is 9.69 Å². The number of rotatable bonds is 9. The number of piperazine rings is 1. The highest BCUT2D eigenvalue weighted by Gasteiger charge is 2.26. The highest BCUT2D eigenvalue weighted by molar-refractivity contribution is 5.97. The smallest absolute Gasteiger partial charge is 0.257 e. The molecule has 2 aromatic rings. The molecule has 29 heavy (non-hydrogen) atoms. The molecule has 1 N–H and O–H groups in total. The fraction of sp³-hybridized carbons (Fsp3) is 0.435. The predicted octanol–water partition coefficient (Wildman–Crippen LogP) is 2.67. The predicted molar refractivity (Wildman–Crippen MR) is 113 cm³/mol. The minimum Gasteiger partial charge on any atom is -0.490 e. The van der Waals surface area contributed by atoms with Gasteiger partial charge in [-0.1, -0.05) is 37.3 Å². The molecule has 156 valence electrons. The Hall–Kier alpha value is -2.57. The third kappa shape index (κ3) is 5.71. The fourth-order valence-electron chi connectivity index (χ4n) is 3.56. The van der Waals surface area contributed by atoms with E-state index in [4.69, 9.17) is 9.47 Å². The van der Waals surface area contributed by atoms with Crippen LogP contribution in [0.25, 0.3) is 0 Å². The molecule has 1 aliphatic heterocycles. The lowest BCUT2D eigenvalue weighted by Gasteiger charge is -2.38. The third-order valence-corrected chi connectivity index (χ3v) is 5.27. The Morgan fingerprint density at radius 2 is 1.62 bits per heavy atom. The van der Waals surface area contributed by atoms with Crippen molar-refractivity contribution >= 4 is 5.91 Å². The first kappa shape index (κ1) is 21.1. The van der Waals surface area contributed by atoms with Crippen LogP contribution in [0.2, 0.25) is 0 Å². The zero-order valence-corrected chi connectivity index (χ0v) is 17.0. The van der Waals surface area contributed by atoms with Crippen LogP contribution in [0.5, 0.6) is 11.5 Å². The molecule has 1 fully saturated rings. The van der Waals surface area contributed by atoms with Gasteiger partial charge in [0.25, 0.3) is 5.91 Å². The van der Waals surface area contributed by atoms with E-state index in [-0.39, 0.29) is 18.6 Å². The molecule has 1 aliphatic rings. The number of carbonyl (C=O) groups excluding carboxylic acids is 1. The monoisotopic (exact) mass is 398 g/mol. The Morgan fingerprint density at radius 3 is 2.31 bits per heavy atom. The quantitative estimate of drug-likeness (QED) is 0.658. The zero-order chi connectivity index (χ0) is 20.5. The number of aliphatic hydroxyl groups excluding tert-OH is 1. The fourth-order valence-corrected chi connectivity index (χ4v) is 3.56. The maximum absolute atomic E-state index is 13.0. The zero-order valence-electron chi connectivity index (χ0n) is 17.0. The first-order valence-corrected chi connectivity index (χ1v) is 10.3. The van der Waals surface area contributed by atoms with Crippen LogP contribution < -0.4 is 9.47 Å². The number of amides is 1. The van der Waals surface area contributed by atoms with E-state index >= 15 is 0 Å². The van der Waals surface area contributed by atoms with Crippen LogP contribution >= 0.6 is 0 Å². The van der Waals surface area contributed by atoms with Crippen molar-refractivity contribution in [1.29, 1.82) is 0 Å². The number of benzene rings is 2. The minimum atomic E-state index is -0.0127. The lowest BCUT2D eigenvalue weighted by Crippen LogP contribution is -2.52. The number of hydrogen-bond donors (Lipinski definition) is 1. The first-order chi connectivity index (χ1) is 14.2. The molecule has 1 atom stereocenters. The standard InChI is InChI=1S/C23H30N2O4/c1-2-19(18-26)24-12-14-25(15-13-24)23(27)21-10-6-7-11-22(21)29-17-16-28-20-8-4-3-5-9-20/h3-11,19,26H,2,12-18H2,1H3. The summed E-state index contributed by atoms with van der Waals surface area (Å²) in [4.78, 5) is 17.2. The number of hydrogen-bond acceptors (Lipinski definition) is 5. The summed E-state index contributed by atoms with van der Waals surface area (Å²) in [5.41, 5.74) is 0.579. The molecule has 6 heteroatoms. The highest BCUT2D eigenvalue weighted by atomic mass is 16.5. The van der Waals surface area contributed by atoms with Crippen LogP contribution in [0.3, 0.4) is 0 Å². The Morgan fingerprint density at radius 1 is 0.966 bits per heavy atom. The Labute approximate surface area is 172 Å². The van der Waals surface area contributed by atoms with Gasteiger partial charge in [-0.05, 0) is 30.7 Å². The maximum atomic E-state index is 13.0. The molecular formula is C23H30N2O4. The molecule has 0 aliphatic carbocycles. The first-order valence-electron chi connectivity index (χ1n) is 10.3. The molecule has 3 rings (SSSR count). The van der Waals surface area contributed by atoms with Crippen molar-refractivity contribution in [3.63, 3.8) is 0 Å². The summed E-state index contributed by atoms with van der Waals surface area (Å²) in [5, 5.41) is 9.49. The van der Waals surface area contributed by atoms with Crippen molar-refractivity contribution in [2.75, 3.05) is 46.0 Å². The van der Waals surface area contributed by atoms with Crippen LogP contribution in [0.15, 0.2) is 54.6 Å². The van der Waals surface area contributed by atoms with E-state index in [0.717, 1.165) is 25.3 Å². The van der Waals surface area contributed by atoms with Gasteiger partial charge in [0.1, 0.15) is 24.7 Å². The summed E-state index contributed by atoms with van der Waals surface area (Å²) >= 11 is 0. The summed E-state index contributed by atoms with van der Waals surface area (Å²) < 4.78 is 11.5. The molecule has 0 bridgehead atoms. The van der Waals surface area contributed by atoms with Gasteiger partial charge in [0.15, 0.2) is 0 Å². The van der Waals surface area contributed by atoms with Gasteiger partial charge in [0.2, 0.25) is 0 Å². The largest absolute Gasteiger partial charge is 0.490 e. The molecule has 1 heterocycles. The van der Waals surface area contributed by atoms with Crippen molar-refractivity contribution in [3.05, 3.63) is 60.2 Å². The summed E-state index contributed by atoms with van der Waals surface area (Å²) in [7, 11) is 0. The lowest BCUT2D eigenvalue weighted by molar-refractivity contribution is 0.0469. The molecule has 0 radical (unpaired) electrons. The lowest BCUT2D eigenvalue weighted by atomic mass is 10.1. The van der Waals surface area contributed by atoms with E-state index < -0.39 is 0 Å². The Bertz CT molecular complexity index is 756. The van der Waals surface area contributed by atoms with E-state index in [1.807, 2.05) is 59.5 Å². The number of ether oxygens (including phenoxy) is 2. The highest BCUT2D eigenvalue weighted by Crippen LogP contribution is 2.21. The second kappa shape index (κ2) is 10.8.